The number of nitrogens with one attached hydrogen (secondary N) is 1. The maximum Gasteiger partial charge on any atom is 0.404 e. The third-order valence-electron chi connectivity index (χ3n) is 1.92. The molecular formula is C10H13NO4S. The largest absolute Gasteiger partial charge is 0.465 e. The van der Waals surface area contributed by atoms with E-state index in [1.807, 2.05) is 11.4 Å². The van der Waals surface area contributed by atoms with E-state index in [2.05, 4.69) is 0 Å². The Hall–Kier alpha value is -1.56. The highest BCUT2D eigenvalue weighted by atomic mass is 32.2. The lowest BCUT2D eigenvalue weighted by Crippen LogP contribution is -2.27. The lowest BCUT2D eigenvalue weighted by molar-refractivity contribution is 0.195. The molecule has 2 N–H and O–H groups in total. The lowest BCUT2D eigenvalue weighted by atomic mass is 10.2. The molecule has 88 valence electrons. The predicted octanol–water partition coefficient (Wildman–Crippen LogP) is 0.869. The molecule has 1 aromatic rings. The quantitative estimate of drug-likeness (QED) is 0.803. The molecule has 0 saturated heterocycles. The third kappa shape index (κ3) is 4.79. The SMILES string of the molecule is O=C(O)NCCS(=O)(=O)Cc1ccccc1. The number of amides is 1. The van der Waals surface area contributed by atoms with Crippen LogP contribution in [0.1, 0.15) is 5.56 Å². The summed E-state index contributed by atoms with van der Waals surface area (Å²) in [6, 6.07) is 8.78. The summed E-state index contributed by atoms with van der Waals surface area (Å²) in [7, 11) is -3.26. The Morgan fingerprint density at radius 3 is 2.44 bits per heavy atom. The molecule has 0 aromatic heterocycles. The van der Waals surface area contributed by atoms with Crippen LogP contribution in [0.25, 0.3) is 0 Å². The molecule has 0 unspecified atom stereocenters. The average Bonchev–Trinajstić information content (AvgIpc) is 2.17. The van der Waals surface area contributed by atoms with Gasteiger partial charge in [-0.2, -0.15) is 0 Å². The van der Waals surface area contributed by atoms with Crippen molar-refractivity contribution in [1.29, 1.82) is 0 Å². The first-order valence-corrected chi connectivity index (χ1v) is 6.53. The second-order valence-corrected chi connectivity index (χ2v) is 5.49. The molecule has 0 aliphatic heterocycles. The molecule has 0 atom stereocenters. The van der Waals surface area contributed by atoms with Crippen molar-refractivity contribution >= 4 is 15.9 Å². The Morgan fingerprint density at radius 2 is 1.88 bits per heavy atom. The Balaban J connectivity index is 2.49. The Labute approximate surface area is 94.0 Å². The minimum atomic E-state index is -3.26. The maximum atomic E-state index is 11.5. The fourth-order valence-corrected chi connectivity index (χ4v) is 2.47. The molecule has 0 aliphatic carbocycles. The van der Waals surface area contributed by atoms with Gasteiger partial charge in [0.25, 0.3) is 0 Å². The monoisotopic (exact) mass is 243 g/mol. The second-order valence-electron chi connectivity index (χ2n) is 3.31. The summed E-state index contributed by atoms with van der Waals surface area (Å²) in [5, 5.41) is 10.3. The van der Waals surface area contributed by atoms with Crippen LogP contribution < -0.4 is 5.32 Å². The molecule has 1 aromatic carbocycles. The van der Waals surface area contributed by atoms with Crippen molar-refractivity contribution < 1.29 is 18.3 Å². The smallest absolute Gasteiger partial charge is 0.404 e. The van der Waals surface area contributed by atoms with Crippen LogP contribution in [0.15, 0.2) is 30.3 Å². The maximum absolute atomic E-state index is 11.5. The van der Waals surface area contributed by atoms with Gasteiger partial charge in [0, 0.05) is 6.54 Å². The average molecular weight is 243 g/mol. The number of hydrogen-bond donors (Lipinski definition) is 2. The van der Waals surface area contributed by atoms with Gasteiger partial charge >= 0.3 is 6.09 Å². The molecule has 0 spiro atoms. The van der Waals surface area contributed by atoms with E-state index in [0.29, 0.717) is 5.56 Å². The van der Waals surface area contributed by atoms with Gasteiger partial charge in [-0.05, 0) is 5.56 Å². The molecule has 0 radical (unpaired) electrons. The third-order valence-corrected chi connectivity index (χ3v) is 3.52. The number of hydrogen-bond acceptors (Lipinski definition) is 3. The second kappa shape index (κ2) is 5.50. The molecule has 0 saturated carbocycles. The molecule has 0 fully saturated rings. The first kappa shape index (κ1) is 12.5. The minimum absolute atomic E-state index is 0.0604. The van der Waals surface area contributed by atoms with E-state index in [1.54, 1.807) is 24.3 Å². The van der Waals surface area contributed by atoms with Crippen molar-refractivity contribution in [2.24, 2.45) is 0 Å². The highest BCUT2D eigenvalue weighted by Gasteiger charge is 2.11. The molecule has 5 nitrogen and oxygen atoms in total. The summed E-state index contributed by atoms with van der Waals surface area (Å²) in [5.41, 5.74) is 0.706. The van der Waals surface area contributed by atoms with Gasteiger partial charge in [-0.15, -0.1) is 0 Å². The summed E-state index contributed by atoms with van der Waals surface area (Å²) in [6.07, 6.45) is -1.21. The predicted molar refractivity (Wildman–Crippen MR) is 60.0 cm³/mol. The summed E-state index contributed by atoms with van der Waals surface area (Å²) in [5.74, 6) is -0.247. The van der Waals surface area contributed by atoms with Crippen molar-refractivity contribution in [3.8, 4) is 0 Å². The van der Waals surface area contributed by atoms with Crippen molar-refractivity contribution in [3.05, 3.63) is 35.9 Å². The number of sulfone groups is 1. The van der Waals surface area contributed by atoms with Gasteiger partial charge in [0.05, 0.1) is 11.5 Å². The van der Waals surface area contributed by atoms with Crippen molar-refractivity contribution in [2.45, 2.75) is 5.75 Å². The van der Waals surface area contributed by atoms with E-state index in [4.69, 9.17) is 5.11 Å². The van der Waals surface area contributed by atoms with Gasteiger partial charge in [-0.3, -0.25) is 0 Å². The van der Waals surface area contributed by atoms with Gasteiger partial charge < -0.3 is 10.4 Å². The van der Waals surface area contributed by atoms with Crippen LogP contribution in [-0.2, 0) is 15.6 Å². The first-order chi connectivity index (χ1) is 7.49. The molecule has 1 rings (SSSR count). The molecular weight excluding hydrogens is 230 g/mol. The normalized spacial score (nSPS) is 11.0. The van der Waals surface area contributed by atoms with Crippen molar-refractivity contribution in [3.63, 3.8) is 0 Å². The zero-order valence-corrected chi connectivity index (χ0v) is 9.40. The van der Waals surface area contributed by atoms with Crippen LogP contribution >= 0.6 is 0 Å². The van der Waals surface area contributed by atoms with E-state index in [0.717, 1.165) is 0 Å². The van der Waals surface area contributed by atoms with Gasteiger partial charge in [0.1, 0.15) is 0 Å². The molecule has 6 heteroatoms. The van der Waals surface area contributed by atoms with Gasteiger partial charge in [0.2, 0.25) is 0 Å². The van der Waals surface area contributed by atoms with E-state index in [1.165, 1.54) is 0 Å². The summed E-state index contributed by atoms with van der Waals surface area (Å²) < 4.78 is 23.1. The van der Waals surface area contributed by atoms with Crippen LogP contribution in [0.3, 0.4) is 0 Å². The Bertz CT molecular complexity index is 441. The first-order valence-electron chi connectivity index (χ1n) is 4.71. The fourth-order valence-electron chi connectivity index (χ4n) is 1.21. The number of carbonyl (C=O) groups is 1. The van der Waals surface area contributed by atoms with Crippen LogP contribution in [0.4, 0.5) is 4.79 Å². The molecule has 0 heterocycles. The molecule has 16 heavy (non-hydrogen) atoms. The standard InChI is InChI=1S/C10H13NO4S/c12-10(13)11-6-7-16(14,15)8-9-4-2-1-3-5-9/h1-5,11H,6-8H2,(H,12,13). The van der Waals surface area contributed by atoms with E-state index < -0.39 is 15.9 Å². The highest BCUT2D eigenvalue weighted by molar-refractivity contribution is 7.90. The number of carboxylic acid groups (broad SMARTS) is 1. The fraction of sp³-hybridized carbons (Fsp3) is 0.300. The van der Waals surface area contributed by atoms with Gasteiger partial charge in [-0.1, -0.05) is 30.3 Å². The van der Waals surface area contributed by atoms with Crippen LogP contribution in [-0.4, -0.2) is 31.9 Å². The summed E-state index contributed by atoms with van der Waals surface area (Å²) >= 11 is 0. The molecule has 1 amide bonds. The molecule has 0 aliphatic rings. The minimum Gasteiger partial charge on any atom is -0.465 e. The summed E-state index contributed by atoms with van der Waals surface area (Å²) in [6.45, 7) is -0.0789. The highest BCUT2D eigenvalue weighted by Crippen LogP contribution is 2.05. The topological polar surface area (TPSA) is 83.5 Å². The molecule has 0 bridgehead atoms. The van der Waals surface area contributed by atoms with Gasteiger partial charge in [0.15, 0.2) is 9.84 Å². The van der Waals surface area contributed by atoms with Crippen molar-refractivity contribution in [2.75, 3.05) is 12.3 Å². The zero-order valence-electron chi connectivity index (χ0n) is 8.59. The van der Waals surface area contributed by atoms with Crippen LogP contribution in [0.2, 0.25) is 0 Å². The lowest BCUT2D eigenvalue weighted by Gasteiger charge is -2.04. The Morgan fingerprint density at radius 1 is 1.25 bits per heavy atom. The number of rotatable bonds is 5. The van der Waals surface area contributed by atoms with Crippen LogP contribution in [0.5, 0.6) is 0 Å². The van der Waals surface area contributed by atoms with Gasteiger partial charge in [-0.25, -0.2) is 13.2 Å². The Kier molecular flexibility index (Phi) is 4.30. The zero-order chi connectivity index (χ0) is 12.0. The van der Waals surface area contributed by atoms with Crippen molar-refractivity contribution in [1.82, 2.24) is 5.32 Å². The van der Waals surface area contributed by atoms with E-state index >= 15 is 0 Å². The number of benzene rings is 1. The summed E-state index contributed by atoms with van der Waals surface area (Å²) in [4.78, 5) is 10.1. The van der Waals surface area contributed by atoms with E-state index in [-0.39, 0.29) is 18.1 Å². The van der Waals surface area contributed by atoms with Crippen LogP contribution in [0, 0.1) is 0 Å². The van der Waals surface area contributed by atoms with E-state index in [9.17, 15) is 13.2 Å².